The van der Waals surface area contributed by atoms with Crippen LogP contribution in [0, 0.1) is 5.92 Å². The number of carboxylic acids is 1. The summed E-state index contributed by atoms with van der Waals surface area (Å²) in [5.41, 5.74) is 0.680. The van der Waals surface area contributed by atoms with Crippen molar-refractivity contribution >= 4 is 17.6 Å². The zero-order valence-electron chi connectivity index (χ0n) is 8.43. The van der Waals surface area contributed by atoms with Crippen LogP contribution in [0.1, 0.15) is 13.3 Å². The van der Waals surface area contributed by atoms with E-state index in [9.17, 15) is 9.59 Å². The standard InChI is InChI=1S/C11H13NO3/c1-8(7-10(13)14)11(15)12-9-5-3-2-4-6-9/h2-6,8H,7H2,1H3,(H,12,15)(H,13,14)/t8-/m0/s1. The molecule has 80 valence electrons. The van der Waals surface area contributed by atoms with Crippen molar-refractivity contribution in [2.45, 2.75) is 13.3 Å². The smallest absolute Gasteiger partial charge is 0.304 e. The van der Waals surface area contributed by atoms with Crippen molar-refractivity contribution in [1.82, 2.24) is 0 Å². The molecule has 0 bridgehead atoms. The normalized spacial score (nSPS) is 11.8. The van der Waals surface area contributed by atoms with Gasteiger partial charge in [-0.15, -0.1) is 0 Å². The third-order valence-corrected chi connectivity index (χ3v) is 1.97. The molecule has 0 fully saturated rings. The van der Waals surface area contributed by atoms with Gasteiger partial charge in [0.2, 0.25) is 5.91 Å². The second-order valence-electron chi connectivity index (χ2n) is 3.35. The second-order valence-corrected chi connectivity index (χ2v) is 3.35. The van der Waals surface area contributed by atoms with Crippen molar-refractivity contribution in [3.63, 3.8) is 0 Å². The molecule has 0 spiro atoms. The number of amides is 1. The van der Waals surface area contributed by atoms with E-state index in [1.165, 1.54) is 0 Å². The van der Waals surface area contributed by atoms with Crippen molar-refractivity contribution < 1.29 is 14.7 Å². The second kappa shape index (κ2) is 5.14. The number of anilines is 1. The van der Waals surface area contributed by atoms with Crippen LogP contribution in [0.25, 0.3) is 0 Å². The Morgan fingerprint density at radius 2 is 1.93 bits per heavy atom. The SMILES string of the molecule is C[C@@H](CC(=O)O)C(=O)Nc1ccccc1. The number of carbonyl (C=O) groups is 2. The average molecular weight is 207 g/mol. The minimum Gasteiger partial charge on any atom is -0.481 e. The van der Waals surface area contributed by atoms with Crippen LogP contribution in [-0.4, -0.2) is 17.0 Å². The average Bonchev–Trinajstić information content (AvgIpc) is 2.18. The molecular weight excluding hydrogens is 194 g/mol. The predicted octanol–water partition coefficient (Wildman–Crippen LogP) is 1.74. The third kappa shape index (κ3) is 3.81. The molecule has 1 amide bonds. The van der Waals surface area contributed by atoms with E-state index in [4.69, 9.17) is 5.11 Å². The molecule has 0 aliphatic rings. The Hall–Kier alpha value is -1.84. The summed E-state index contributed by atoms with van der Waals surface area (Å²) in [5, 5.41) is 11.2. The summed E-state index contributed by atoms with van der Waals surface area (Å²) in [6.45, 7) is 1.59. The maximum atomic E-state index is 11.5. The van der Waals surface area contributed by atoms with Gasteiger partial charge >= 0.3 is 5.97 Å². The van der Waals surface area contributed by atoms with Crippen LogP contribution in [0.2, 0.25) is 0 Å². The fourth-order valence-electron chi connectivity index (χ4n) is 1.14. The van der Waals surface area contributed by atoms with E-state index in [0.29, 0.717) is 5.69 Å². The monoisotopic (exact) mass is 207 g/mol. The van der Waals surface area contributed by atoms with E-state index in [0.717, 1.165) is 0 Å². The zero-order valence-corrected chi connectivity index (χ0v) is 8.43. The molecule has 4 nitrogen and oxygen atoms in total. The number of para-hydroxylation sites is 1. The van der Waals surface area contributed by atoms with Gasteiger partial charge in [0.15, 0.2) is 0 Å². The van der Waals surface area contributed by atoms with Gasteiger partial charge in [-0.1, -0.05) is 25.1 Å². The first-order chi connectivity index (χ1) is 7.09. The van der Waals surface area contributed by atoms with Crippen LogP contribution in [0.5, 0.6) is 0 Å². The van der Waals surface area contributed by atoms with Crippen molar-refractivity contribution in [1.29, 1.82) is 0 Å². The molecule has 1 atom stereocenters. The number of hydrogen-bond donors (Lipinski definition) is 2. The summed E-state index contributed by atoms with van der Waals surface area (Å²) in [7, 11) is 0. The van der Waals surface area contributed by atoms with Crippen LogP contribution in [-0.2, 0) is 9.59 Å². The van der Waals surface area contributed by atoms with Crippen LogP contribution in [0.4, 0.5) is 5.69 Å². The van der Waals surface area contributed by atoms with Gasteiger partial charge in [0, 0.05) is 11.6 Å². The molecule has 0 unspecified atom stereocenters. The molecule has 0 aliphatic carbocycles. The Bertz CT molecular complexity index is 348. The maximum Gasteiger partial charge on any atom is 0.304 e. The van der Waals surface area contributed by atoms with Gasteiger partial charge in [0.05, 0.1) is 6.42 Å². The topological polar surface area (TPSA) is 66.4 Å². The largest absolute Gasteiger partial charge is 0.481 e. The molecule has 4 heteroatoms. The first-order valence-corrected chi connectivity index (χ1v) is 4.67. The number of hydrogen-bond acceptors (Lipinski definition) is 2. The molecule has 0 heterocycles. The van der Waals surface area contributed by atoms with Gasteiger partial charge in [0.25, 0.3) is 0 Å². The van der Waals surface area contributed by atoms with Gasteiger partial charge in [-0.05, 0) is 12.1 Å². The van der Waals surface area contributed by atoms with Crippen molar-refractivity contribution in [3.05, 3.63) is 30.3 Å². The highest BCUT2D eigenvalue weighted by atomic mass is 16.4. The number of rotatable bonds is 4. The summed E-state index contributed by atoms with van der Waals surface area (Å²) < 4.78 is 0. The number of aliphatic carboxylic acids is 1. The molecule has 1 aromatic carbocycles. The lowest BCUT2D eigenvalue weighted by molar-refractivity contribution is -0.139. The number of carboxylic acid groups (broad SMARTS) is 1. The van der Waals surface area contributed by atoms with Gasteiger partial charge in [-0.3, -0.25) is 9.59 Å². The van der Waals surface area contributed by atoms with Crippen LogP contribution in [0.3, 0.4) is 0 Å². The van der Waals surface area contributed by atoms with Gasteiger partial charge in [-0.2, -0.15) is 0 Å². The molecule has 0 saturated heterocycles. The Kier molecular flexibility index (Phi) is 3.85. The highest BCUT2D eigenvalue weighted by Crippen LogP contribution is 2.09. The lowest BCUT2D eigenvalue weighted by Gasteiger charge is -2.09. The minimum atomic E-state index is -0.967. The molecule has 2 N–H and O–H groups in total. The summed E-state index contributed by atoms with van der Waals surface area (Å²) in [5.74, 6) is -1.77. The lowest BCUT2D eigenvalue weighted by Crippen LogP contribution is -2.22. The number of benzene rings is 1. The van der Waals surface area contributed by atoms with E-state index in [1.807, 2.05) is 6.07 Å². The Labute approximate surface area is 87.9 Å². The fraction of sp³-hybridized carbons (Fsp3) is 0.273. The summed E-state index contributed by atoms with van der Waals surface area (Å²) in [6.07, 6.45) is -0.154. The first kappa shape index (κ1) is 11.2. The quantitative estimate of drug-likeness (QED) is 0.790. The van der Waals surface area contributed by atoms with Crippen LogP contribution < -0.4 is 5.32 Å². The van der Waals surface area contributed by atoms with E-state index in [2.05, 4.69) is 5.32 Å². The van der Waals surface area contributed by atoms with Gasteiger partial charge in [0.1, 0.15) is 0 Å². The van der Waals surface area contributed by atoms with Crippen molar-refractivity contribution in [3.8, 4) is 0 Å². The minimum absolute atomic E-state index is 0.154. The third-order valence-electron chi connectivity index (χ3n) is 1.97. The number of nitrogens with one attached hydrogen (secondary N) is 1. The first-order valence-electron chi connectivity index (χ1n) is 4.67. The highest BCUT2D eigenvalue weighted by Gasteiger charge is 2.16. The van der Waals surface area contributed by atoms with E-state index in [1.54, 1.807) is 31.2 Å². The Balaban J connectivity index is 2.52. The lowest BCUT2D eigenvalue weighted by atomic mass is 10.1. The highest BCUT2D eigenvalue weighted by molar-refractivity contribution is 5.94. The molecule has 1 rings (SSSR count). The zero-order chi connectivity index (χ0) is 11.3. The van der Waals surface area contributed by atoms with Gasteiger partial charge in [-0.25, -0.2) is 0 Å². The summed E-state index contributed by atoms with van der Waals surface area (Å²) in [4.78, 5) is 21.9. The molecule has 15 heavy (non-hydrogen) atoms. The molecule has 1 aromatic rings. The molecule has 0 radical (unpaired) electrons. The summed E-state index contributed by atoms with van der Waals surface area (Å²) in [6, 6.07) is 8.96. The van der Waals surface area contributed by atoms with Crippen molar-refractivity contribution in [2.75, 3.05) is 5.32 Å². The molecule has 0 saturated carbocycles. The predicted molar refractivity (Wildman–Crippen MR) is 56.5 cm³/mol. The van der Waals surface area contributed by atoms with E-state index in [-0.39, 0.29) is 12.3 Å². The van der Waals surface area contributed by atoms with Crippen LogP contribution in [0.15, 0.2) is 30.3 Å². The maximum absolute atomic E-state index is 11.5. The Morgan fingerprint density at radius 3 is 2.47 bits per heavy atom. The fourth-order valence-corrected chi connectivity index (χ4v) is 1.14. The summed E-state index contributed by atoms with van der Waals surface area (Å²) >= 11 is 0. The Morgan fingerprint density at radius 1 is 1.33 bits per heavy atom. The van der Waals surface area contributed by atoms with E-state index >= 15 is 0 Å². The number of carbonyl (C=O) groups excluding carboxylic acids is 1. The van der Waals surface area contributed by atoms with Crippen molar-refractivity contribution in [2.24, 2.45) is 5.92 Å². The molecule has 0 aliphatic heterocycles. The molecule has 0 aromatic heterocycles. The van der Waals surface area contributed by atoms with Gasteiger partial charge < -0.3 is 10.4 Å². The van der Waals surface area contributed by atoms with Crippen LogP contribution >= 0.6 is 0 Å². The molecular formula is C11H13NO3. The van der Waals surface area contributed by atoms with E-state index < -0.39 is 11.9 Å².